The number of rotatable bonds is 2. The summed E-state index contributed by atoms with van der Waals surface area (Å²) >= 11 is 5.33. The summed E-state index contributed by atoms with van der Waals surface area (Å²) in [5.41, 5.74) is 3.07. The zero-order valence-electron chi connectivity index (χ0n) is 11.2. The van der Waals surface area contributed by atoms with Crippen molar-refractivity contribution in [3.63, 3.8) is 0 Å². The molecule has 1 N–H and O–H groups in total. The van der Waals surface area contributed by atoms with Gasteiger partial charge in [-0.1, -0.05) is 20.8 Å². The molecular formula is C13H18N4S. The third-order valence-corrected chi connectivity index (χ3v) is 3.13. The monoisotopic (exact) mass is 262 g/mol. The molecule has 0 bridgehead atoms. The lowest BCUT2D eigenvalue weighted by Crippen LogP contribution is -2.18. The number of aryl methyl sites for hydroxylation is 1. The Morgan fingerprint density at radius 2 is 2.00 bits per heavy atom. The number of aromatic nitrogens is 4. The van der Waals surface area contributed by atoms with Crippen molar-refractivity contribution in [2.24, 2.45) is 0 Å². The summed E-state index contributed by atoms with van der Waals surface area (Å²) < 4.78 is 2.80. The van der Waals surface area contributed by atoms with E-state index < -0.39 is 0 Å². The molecule has 4 nitrogen and oxygen atoms in total. The predicted molar refractivity (Wildman–Crippen MR) is 74.2 cm³/mol. The number of nitrogens with one attached hydrogen (secondary N) is 1. The quantitative estimate of drug-likeness (QED) is 0.846. The van der Waals surface area contributed by atoms with Crippen molar-refractivity contribution in [3.8, 4) is 0 Å². The van der Waals surface area contributed by atoms with Crippen LogP contribution in [0.3, 0.4) is 0 Å². The van der Waals surface area contributed by atoms with Gasteiger partial charge in [-0.2, -0.15) is 0 Å². The zero-order chi connectivity index (χ0) is 13.3. The van der Waals surface area contributed by atoms with E-state index in [0.717, 1.165) is 16.2 Å². The van der Waals surface area contributed by atoms with Crippen LogP contribution in [0.4, 0.5) is 0 Å². The second kappa shape index (κ2) is 4.65. The minimum atomic E-state index is 0.0473. The fourth-order valence-electron chi connectivity index (χ4n) is 1.84. The maximum atomic E-state index is 5.33. The summed E-state index contributed by atoms with van der Waals surface area (Å²) in [4.78, 5) is 11.7. The van der Waals surface area contributed by atoms with Gasteiger partial charge in [0, 0.05) is 23.5 Å². The number of imidazole rings is 1. The molecule has 0 amide bonds. The van der Waals surface area contributed by atoms with Crippen LogP contribution >= 0.6 is 12.2 Å². The summed E-state index contributed by atoms with van der Waals surface area (Å²) in [6.45, 7) is 9.09. The molecule has 2 heterocycles. The Labute approximate surface area is 112 Å². The van der Waals surface area contributed by atoms with Crippen LogP contribution in [0.25, 0.3) is 0 Å². The standard InChI is InChI=1S/C13H18N4S/c1-9-5-15-10(6-14-9)8-17-11(13(2,3)4)7-16-12(17)18/h5-7H,8H2,1-4H3,(H,16,18). The van der Waals surface area contributed by atoms with Gasteiger partial charge in [0.2, 0.25) is 0 Å². The minimum Gasteiger partial charge on any atom is -0.337 e. The minimum absolute atomic E-state index is 0.0473. The maximum absolute atomic E-state index is 5.33. The highest BCUT2D eigenvalue weighted by Crippen LogP contribution is 2.22. The highest BCUT2D eigenvalue weighted by molar-refractivity contribution is 7.71. The molecule has 18 heavy (non-hydrogen) atoms. The van der Waals surface area contributed by atoms with Gasteiger partial charge in [-0.25, -0.2) is 0 Å². The molecule has 2 aromatic heterocycles. The normalized spacial score (nSPS) is 11.8. The van der Waals surface area contributed by atoms with Crippen molar-refractivity contribution in [1.29, 1.82) is 0 Å². The first kappa shape index (κ1) is 13.0. The molecule has 0 atom stereocenters. The number of hydrogen-bond acceptors (Lipinski definition) is 3. The van der Waals surface area contributed by atoms with Gasteiger partial charge in [0.15, 0.2) is 4.77 Å². The van der Waals surface area contributed by atoms with Crippen molar-refractivity contribution in [1.82, 2.24) is 19.5 Å². The summed E-state index contributed by atoms with van der Waals surface area (Å²) in [5, 5.41) is 0. The van der Waals surface area contributed by atoms with Crippen molar-refractivity contribution < 1.29 is 0 Å². The van der Waals surface area contributed by atoms with Gasteiger partial charge in [-0.3, -0.25) is 9.97 Å². The van der Waals surface area contributed by atoms with E-state index in [-0.39, 0.29) is 5.41 Å². The third kappa shape index (κ3) is 2.67. The summed E-state index contributed by atoms with van der Waals surface area (Å²) in [5.74, 6) is 0. The maximum Gasteiger partial charge on any atom is 0.177 e. The van der Waals surface area contributed by atoms with Crippen molar-refractivity contribution in [2.75, 3.05) is 0 Å². The number of H-pyrrole nitrogens is 1. The molecule has 96 valence electrons. The lowest BCUT2D eigenvalue weighted by molar-refractivity contribution is 0.527. The Balaban J connectivity index is 2.37. The highest BCUT2D eigenvalue weighted by Gasteiger charge is 2.19. The molecule has 0 aliphatic heterocycles. The lowest BCUT2D eigenvalue weighted by atomic mass is 9.92. The summed E-state index contributed by atoms with van der Waals surface area (Å²) in [7, 11) is 0. The Hall–Kier alpha value is -1.49. The Kier molecular flexibility index (Phi) is 3.34. The molecule has 2 rings (SSSR count). The summed E-state index contributed by atoms with van der Waals surface area (Å²) in [6.07, 6.45) is 5.56. The highest BCUT2D eigenvalue weighted by atomic mass is 32.1. The first-order valence-electron chi connectivity index (χ1n) is 5.94. The van der Waals surface area contributed by atoms with Crippen LogP contribution in [0.15, 0.2) is 18.6 Å². The van der Waals surface area contributed by atoms with Crippen LogP contribution in [0.2, 0.25) is 0 Å². The molecule has 2 aromatic rings. The molecule has 0 aromatic carbocycles. The Morgan fingerprint density at radius 1 is 1.28 bits per heavy atom. The summed E-state index contributed by atoms with van der Waals surface area (Å²) in [6, 6.07) is 0. The van der Waals surface area contributed by atoms with E-state index in [4.69, 9.17) is 12.2 Å². The number of aromatic amines is 1. The van der Waals surface area contributed by atoms with Gasteiger partial charge in [-0.05, 0) is 19.1 Å². The molecule has 0 spiro atoms. The zero-order valence-corrected chi connectivity index (χ0v) is 12.0. The second-order valence-electron chi connectivity index (χ2n) is 5.46. The first-order valence-corrected chi connectivity index (χ1v) is 6.35. The Morgan fingerprint density at radius 3 is 2.56 bits per heavy atom. The van der Waals surface area contributed by atoms with Gasteiger partial charge in [0.25, 0.3) is 0 Å². The predicted octanol–water partition coefficient (Wildman–Crippen LogP) is 2.99. The van der Waals surface area contributed by atoms with E-state index in [2.05, 4.69) is 40.3 Å². The topological polar surface area (TPSA) is 46.5 Å². The van der Waals surface area contributed by atoms with Crippen LogP contribution in [-0.4, -0.2) is 19.5 Å². The van der Waals surface area contributed by atoms with Crippen molar-refractivity contribution >= 4 is 12.2 Å². The average molecular weight is 262 g/mol. The molecule has 0 saturated carbocycles. The lowest BCUT2D eigenvalue weighted by Gasteiger charge is -2.20. The molecule has 5 heteroatoms. The average Bonchev–Trinajstić information content (AvgIpc) is 2.63. The van der Waals surface area contributed by atoms with E-state index >= 15 is 0 Å². The van der Waals surface area contributed by atoms with Crippen LogP contribution in [-0.2, 0) is 12.0 Å². The van der Waals surface area contributed by atoms with Crippen LogP contribution < -0.4 is 0 Å². The second-order valence-corrected chi connectivity index (χ2v) is 5.85. The van der Waals surface area contributed by atoms with E-state index in [9.17, 15) is 0 Å². The molecule has 0 fully saturated rings. The van der Waals surface area contributed by atoms with Gasteiger partial charge in [-0.15, -0.1) is 0 Å². The van der Waals surface area contributed by atoms with Crippen molar-refractivity contribution in [2.45, 2.75) is 39.7 Å². The van der Waals surface area contributed by atoms with Gasteiger partial charge in [0.05, 0.1) is 24.1 Å². The fraction of sp³-hybridized carbons (Fsp3) is 0.462. The van der Waals surface area contributed by atoms with Gasteiger partial charge < -0.3 is 9.55 Å². The molecule has 0 radical (unpaired) electrons. The first-order chi connectivity index (χ1) is 8.38. The smallest absolute Gasteiger partial charge is 0.177 e. The molecular weight excluding hydrogens is 244 g/mol. The van der Waals surface area contributed by atoms with E-state index in [0.29, 0.717) is 6.54 Å². The molecule has 0 aliphatic carbocycles. The van der Waals surface area contributed by atoms with Gasteiger partial charge in [0.1, 0.15) is 0 Å². The van der Waals surface area contributed by atoms with E-state index in [1.807, 2.05) is 13.1 Å². The molecule has 0 saturated heterocycles. The SMILES string of the molecule is Cc1cnc(Cn2c(C(C)(C)C)c[nH]c2=S)cn1. The van der Waals surface area contributed by atoms with Gasteiger partial charge >= 0.3 is 0 Å². The van der Waals surface area contributed by atoms with E-state index in [1.165, 1.54) is 5.69 Å². The number of nitrogens with zero attached hydrogens (tertiary/aromatic N) is 3. The van der Waals surface area contributed by atoms with E-state index in [1.54, 1.807) is 12.4 Å². The molecule has 0 unspecified atom stereocenters. The van der Waals surface area contributed by atoms with Crippen LogP contribution in [0, 0.1) is 11.7 Å². The fourth-order valence-corrected chi connectivity index (χ4v) is 2.06. The van der Waals surface area contributed by atoms with Crippen LogP contribution in [0.5, 0.6) is 0 Å². The third-order valence-electron chi connectivity index (χ3n) is 2.79. The molecule has 0 aliphatic rings. The van der Waals surface area contributed by atoms with Crippen molar-refractivity contribution in [3.05, 3.63) is 40.4 Å². The largest absolute Gasteiger partial charge is 0.337 e. The number of hydrogen-bond donors (Lipinski definition) is 1. The van der Waals surface area contributed by atoms with Crippen LogP contribution in [0.1, 0.15) is 37.9 Å². The Bertz CT molecular complexity index is 587.